The van der Waals surface area contributed by atoms with E-state index in [0.717, 1.165) is 12.8 Å². The largest absolute Gasteiger partial charge is 0.464 e. The van der Waals surface area contributed by atoms with E-state index >= 15 is 0 Å². The van der Waals surface area contributed by atoms with Gasteiger partial charge in [0, 0.05) is 0 Å². The summed E-state index contributed by atoms with van der Waals surface area (Å²) >= 11 is 0. The molecule has 1 atom stereocenters. The van der Waals surface area contributed by atoms with Gasteiger partial charge in [0.1, 0.15) is 0 Å². The molecule has 0 spiro atoms. The van der Waals surface area contributed by atoms with Gasteiger partial charge in [0.05, 0.1) is 6.61 Å². The Labute approximate surface area is 111 Å². The van der Waals surface area contributed by atoms with Crippen LogP contribution < -0.4 is 0 Å². The Morgan fingerprint density at radius 1 is 0.944 bits per heavy atom. The summed E-state index contributed by atoms with van der Waals surface area (Å²) < 4.78 is 17.2. The molecule has 0 aliphatic heterocycles. The lowest BCUT2D eigenvalue weighted by Crippen LogP contribution is -2.15. The van der Waals surface area contributed by atoms with Crippen LogP contribution in [-0.2, 0) is 9.53 Å². The molecule has 0 radical (unpaired) electrons. The second-order valence-electron chi connectivity index (χ2n) is 4.97. The number of esters is 1. The minimum absolute atomic E-state index is 0.365. The molecular formula is C15H29FO2. The average molecular weight is 260 g/mol. The number of alkyl halides is 1. The number of hydrogen-bond acceptors (Lipinski definition) is 2. The van der Waals surface area contributed by atoms with E-state index in [1.807, 2.05) is 0 Å². The van der Waals surface area contributed by atoms with E-state index in [1.54, 1.807) is 0 Å². The fourth-order valence-corrected chi connectivity index (χ4v) is 1.88. The lowest BCUT2D eigenvalue weighted by atomic mass is 10.1. The summed E-state index contributed by atoms with van der Waals surface area (Å²) in [5.74, 6) is -0.731. The molecule has 0 N–H and O–H groups in total. The van der Waals surface area contributed by atoms with Gasteiger partial charge in [-0.3, -0.25) is 0 Å². The first-order chi connectivity index (χ1) is 8.68. The van der Waals surface area contributed by atoms with Crippen LogP contribution in [0.1, 0.15) is 78.1 Å². The van der Waals surface area contributed by atoms with E-state index < -0.39 is 12.1 Å². The average Bonchev–Trinajstić information content (AvgIpc) is 2.35. The van der Waals surface area contributed by atoms with E-state index in [4.69, 9.17) is 4.74 Å². The van der Waals surface area contributed by atoms with Crippen LogP contribution in [0, 0.1) is 0 Å². The topological polar surface area (TPSA) is 26.3 Å². The molecule has 1 unspecified atom stereocenters. The smallest absolute Gasteiger partial charge is 0.340 e. The third-order valence-electron chi connectivity index (χ3n) is 3.07. The highest BCUT2D eigenvalue weighted by Crippen LogP contribution is 2.10. The lowest BCUT2D eigenvalue weighted by molar-refractivity contribution is -0.149. The predicted molar refractivity (Wildman–Crippen MR) is 73.4 cm³/mol. The summed E-state index contributed by atoms with van der Waals surface area (Å²) in [5, 5.41) is 0. The molecule has 0 aliphatic carbocycles. The zero-order chi connectivity index (χ0) is 13.6. The van der Waals surface area contributed by atoms with Crippen molar-refractivity contribution in [3.8, 4) is 0 Å². The Morgan fingerprint density at radius 2 is 1.39 bits per heavy atom. The van der Waals surface area contributed by atoms with Gasteiger partial charge in [-0.1, -0.05) is 64.7 Å². The third kappa shape index (κ3) is 11.9. The minimum Gasteiger partial charge on any atom is -0.464 e. The Balaban J connectivity index is 3.05. The van der Waals surface area contributed by atoms with Crippen LogP contribution in [0.3, 0.4) is 0 Å². The number of unbranched alkanes of at least 4 members (excludes halogenated alkanes) is 9. The predicted octanol–water partition coefficient (Wildman–Crippen LogP) is 4.81. The zero-order valence-electron chi connectivity index (χ0n) is 12.0. The van der Waals surface area contributed by atoms with E-state index in [0.29, 0.717) is 6.61 Å². The molecule has 108 valence electrons. The van der Waals surface area contributed by atoms with Crippen LogP contribution in [0.15, 0.2) is 0 Å². The summed E-state index contributed by atoms with van der Waals surface area (Å²) in [6, 6.07) is 0. The van der Waals surface area contributed by atoms with Crippen molar-refractivity contribution in [1.82, 2.24) is 0 Å². The van der Waals surface area contributed by atoms with Gasteiger partial charge in [-0.05, 0) is 13.3 Å². The second kappa shape index (κ2) is 12.8. The summed E-state index contributed by atoms with van der Waals surface area (Å²) in [6.07, 6.45) is 10.9. The van der Waals surface area contributed by atoms with Gasteiger partial charge in [0.15, 0.2) is 6.17 Å². The Hall–Kier alpha value is -0.600. The lowest BCUT2D eigenvalue weighted by Gasteiger charge is -2.05. The first-order valence-electron chi connectivity index (χ1n) is 7.49. The summed E-state index contributed by atoms with van der Waals surface area (Å²) in [7, 11) is 0. The first kappa shape index (κ1) is 17.4. The molecule has 0 aromatic rings. The molecule has 0 heterocycles. The highest BCUT2D eigenvalue weighted by atomic mass is 19.1. The van der Waals surface area contributed by atoms with Crippen molar-refractivity contribution in [2.75, 3.05) is 6.61 Å². The SMILES string of the molecule is CCCCCCCCCCCCOC(=O)C(C)F. The van der Waals surface area contributed by atoms with Gasteiger partial charge in [-0.25, -0.2) is 9.18 Å². The number of carbonyl (C=O) groups excluding carboxylic acids is 1. The fourth-order valence-electron chi connectivity index (χ4n) is 1.88. The minimum atomic E-state index is -1.49. The maximum absolute atomic E-state index is 12.4. The maximum atomic E-state index is 12.4. The van der Waals surface area contributed by atoms with E-state index in [-0.39, 0.29) is 0 Å². The van der Waals surface area contributed by atoms with Gasteiger partial charge in [-0.15, -0.1) is 0 Å². The van der Waals surface area contributed by atoms with Crippen molar-refractivity contribution in [3.63, 3.8) is 0 Å². The van der Waals surface area contributed by atoms with Crippen LogP contribution in [0.4, 0.5) is 4.39 Å². The third-order valence-corrected chi connectivity index (χ3v) is 3.07. The molecule has 0 saturated heterocycles. The van der Waals surface area contributed by atoms with Crippen LogP contribution in [0.2, 0.25) is 0 Å². The molecule has 0 saturated carbocycles. The summed E-state index contributed by atoms with van der Waals surface area (Å²) in [5.41, 5.74) is 0. The molecule has 18 heavy (non-hydrogen) atoms. The zero-order valence-corrected chi connectivity index (χ0v) is 12.0. The van der Waals surface area contributed by atoms with Gasteiger partial charge in [0.25, 0.3) is 0 Å². The van der Waals surface area contributed by atoms with Gasteiger partial charge >= 0.3 is 5.97 Å². The van der Waals surface area contributed by atoms with Crippen molar-refractivity contribution in [1.29, 1.82) is 0 Å². The maximum Gasteiger partial charge on any atom is 0.340 e. The molecule has 2 nitrogen and oxygen atoms in total. The van der Waals surface area contributed by atoms with E-state index in [1.165, 1.54) is 58.3 Å². The van der Waals surface area contributed by atoms with Gasteiger partial charge in [0.2, 0.25) is 0 Å². The van der Waals surface area contributed by atoms with Crippen molar-refractivity contribution in [2.24, 2.45) is 0 Å². The molecule has 3 heteroatoms. The number of halogens is 1. The molecule has 0 bridgehead atoms. The molecule has 0 aromatic heterocycles. The van der Waals surface area contributed by atoms with Crippen molar-refractivity contribution in [2.45, 2.75) is 84.2 Å². The number of ether oxygens (including phenoxy) is 1. The summed E-state index contributed by atoms with van der Waals surface area (Å²) in [4.78, 5) is 10.8. The normalized spacial score (nSPS) is 12.4. The van der Waals surface area contributed by atoms with Crippen LogP contribution in [0.5, 0.6) is 0 Å². The molecule has 0 fully saturated rings. The molecule has 0 amide bonds. The number of hydrogen-bond donors (Lipinski definition) is 0. The van der Waals surface area contributed by atoms with Crippen molar-refractivity contribution < 1.29 is 13.9 Å². The number of carbonyl (C=O) groups is 1. The Morgan fingerprint density at radius 3 is 1.83 bits per heavy atom. The van der Waals surface area contributed by atoms with Crippen molar-refractivity contribution >= 4 is 5.97 Å². The highest BCUT2D eigenvalue weighted by molar-refractivity contribution is 5.73. The van der Waals surface area contributed by atoms with Gasteiger partial charge < -0.3 is 4.74 Å². The monoisotopic (exact) mass is 260 g/mol. The molecule has 0 aliphatic rings. The van der Waals surface area contributed by atoms with Crippen LogP contribution >= 0.6 is 0 Å². The number of rotatable bonds is 12. The summed E-state index contributed by atoms with van der Waals surface area (Å²) in [6.45, 7) is 3.81. The Bertz CT molecular complexity index is 193. The molecular weight excluding hydrogens is 231 g/mol. The highest BCUT2D eigenvalue weighted by Gasteiger charge is 2.11. The quantitative estimate of drug-likeness (QED) is 0.372. The van der Waals surface area contributed by atoms with E-state index in [9.17, 15) is 9.18 Å². The standard InChI is InChI=1S/C15H29FO2/c1-3-4-5-6-7-8-9-10-11-12-13-18-15(17)14(2)16/h14H,3-13H2,1-2H3. The fraction of sp³-hybridized carbons (Fsp3) is 0.933. The molecule has 0 rings (SSSR count). The van der Waals surface area contributed by atoms with E-state index in [2.05, 4.69) is 6.92 Å². The second-order valence-corrected chi connectivity index (χ2v) is 4.97. The van der Waals surface area contributed by atoms with Gasteiger partial charge in [-0.2, -0.15) is 0 Å². The van der Waals surface area contributed by atoms with Crippen LogP contribution in [-0.4, -0.2) is 18.7 Å². The first-order valence-corrected chi connectivity index (χ1v) is 7.49. The van der Waals surface area contributed by atoms with Crippen LogP contribution in [0.25, 0.3) is 0 Å². The Kier molecular flexibility index (Phi) is 12.4. The van der Waals surface area contributed by atoms with Crippen molar-refractivity contribution in [3.05, 3.63) is 0 Å². The molecule has 0 aromatic carbocycles.